The van der Waals surface area contributed by atoms with Gasteiger partial charge in [-0.1, -0.05) is 19.3 Å². The lowest BCUT2D eigenvalue weighted by atomic mass is 9.83. The number of carbonyl (C=O) groups is 1. The molecule has 1 fully saturated rings. The van der Waals surface area contributed by atoms with Crippen LogP contribution in [-0.4, -0.2) is 29.6 Å². The topological polar surface area (TPSA) is 114 Å². The van der Waals surface area contributed by atoms with Crippen molar-refractivity contribution in [2.45, 2.75) is 50.7 Å². The van der Waals surface area contributed by atoms with E-state index in [4.69, 9.17) is 9.47 Å². The van der Waals surface area contributed by atoms with Crippen molar-refractivity contribution in [2.24, 2.45) is 0 Å². The first-order valence-electron chi connectivity index (χ1n) is 8.13. The molecule has 0 aromatic heterocycles. The van der Waals surface area contributed by atoms with Crippen molar-refractivity contribution in [3.63, 3.8) is 0 Å². The van der Waals surface area contributed by atoms with Crippen LogP contribution in [0, 0.1) is 21.4 Å². The Kier molecular flexibility index (Phi) is 5.80. The molecule has 0 bridgehead atoms. The molecule has 134 valence electrons. The Morgan fingerprint density at radius 3 is 2.64 bits per heavy atom. The predicted octanol–water partition coefficient (Wildman–Crippen LogP) is 2.71. The van der Waals surface area contributed by atoms with Crippen LogP contribution in [0.5, 0.6) is 11.5 Å². The summed E-state index contributed by atoms with van der Waals surface area (Å²) in [5.74, 6) is -0.168. The summed E-state index contributed by atoms with van der Waals surface area (Å²) in [6.45, 7) is 1.50. The molecular formula is C17H21N3O5. The normalized spacial score (nSPS) is 17.0. The summed E-state index contributed by atoms with van der Waals surface area (Å²) in [4.78, 5) is 23.0. The van der Waals surface area contributed by atoms with Gasteiger partial charge in [0, 0.05) is 0 Å². The number of nitro benzene ring substituents is 1. The molecule has 8 nitrogen and oxygen atoms in total. The van der Waals surface area contributed by atoms with Gasteiger partial charge in [-0.15, -0.1) is 0 Å². The highest BCUT2D eigenvalue weighted by molar-refractivity contribution is 5.82. The average molecular weight is 347 g/mol. The van der Waals surface area contributed by atoms with Crippen LogP contribution < -0.4 is 14.8 Å². The van der Waals surface area contributed by atoms with E-state index in [0.29, 0.717) is 18.6 Å². The monoisotopic (exact) mass is 347 g/mol. The van der Waals surface area contributed by atoms with Crippen molar-refractivity contribution in [1.82, 2.24) is 5.32 Å². The lowest BCUT2D eigenvalue weighted by Gasteiger charge is -2.32. The first-order chi connectivity index (χ1) is 11.9. The Hall–Kier alpha value is -2.82. The number of methoxy groups -OCH3 is 1. The van der Waals surface area contributed by atoms with Crippen LogP contribution >= 0.6 is 0 Å². The molecule has 1 saturated carbocycles. The van der Waals surface area contributed by atoms with E-state index in [1.807, 2.05) is 0 Å². The number of benzene rings is 1. The van der Waals surface area contributed by atoms with Gasteiger partial charge in [0.1, 0.15) is 11.3 Å². The fourth-order valence-electron chi connectivity index (χ4n) is 2.87. The number of hydrogen-bond donors (Lipinski definition) is 1. The Morgan fingerprint density at radius 2 is 2.08 bits per heavy atom. The van der Waals surface area contributed by atoms with Crippen LogP contribution in [0.2, 0.25) is 0 Å². The van der Waals surface area contributed by atoms with Crippen LogP contribution in [0.3, 0.4) is 0 Å². The molecule has 1 atom stereocenters. The molecule has 0 saturated heterocycles. The minimum absolute atomic E-state index is 0.0249. The van der Waals surface area contributed by atoms with E-state index in [0.717, 1.165) is 19.3 Å². The molecule has 1 amide bonds. The number of nitriles is 1. The van der Waals surface area contributed by atoms with Gasteiger partial charge in [-0.25, -0.2) is 0 Å². The number of hydrogen-bond acceptors (Lipinski definition) is 6. The summed E-state index contributed by atoms with van der Waals surface area (Å²) in [6, 6.07) is 6.34. The summed E-state index contributed by atoms with van der Waals surface area (Å²) in [5, 5.41) is 23.4. The summed E-state index contributed by atoms with van der Waals surface area (Å²) < 4.78 is 10.4. The van der Waals surface area contributed by atoms with Crippen molar-refractivity contribution in [1.29, 1.82) is 5.26 Å². The Morgan fingerprint density at radius 1 is 1.40 bits per heavy atom. The van der Waals surface area contributed by atoms with Gasteiger partial charge in [0.25, 0.3) is 5.91 Å². The number of amides is 1. The number of nitrogens with zero attached hydrogens (tertiary/aromatic N) is 2. The van der Waals surface area contributed by atoms with Crippen LogP contribution in [0.4, 0.5) is 5.69 Å². The van der Waals surface area contributed by atoms with Crippen molar-refractivity contribution in [3.8, 4) is 17.6 Å². The molecule has 1 N–H and O–H groups in total. The van der Waals surface area contributed by atoms with Crippen molar-refractivity contribution in [2.75, 3.05) is 7.11 Å². The maximum Gasteiger partial charge on any atom is 0.314 e. The Bertz CT molecular complexity index is 692. The molecule has 1 aromatic rings. The second-order valence-electron chi connectivity index (χ2n) is 6.09. The zero-order valence-electron chi connectivity index (χ0n) is 14.3. The quantitative estimate of drug-likeness (QED) is 0.625. The van der Waals surface area contributed by atoms with Gasteiger partial charge in [-0.3, -0.25) is 14.9 Å². The number of carbonyl (C=O) groups excluding carboxylic acids is 1. The fourth-order valence-corrected chi connectivity index (χ4v) is 2.87. The lowest BCUT2D eigenvalue weighted by Crippen LogP contribution is -2.52. The molecule has 0 aliphatic heterocycles. The number of nitrogens with one attached hydrogen (secondary N) is 1. The Labute approximate surface area is 145 Å². The highest BCUT2D eigenvalue weighted by atomic mass is 16.6. The number of nitro groups is 1. The average Bonchev–Trinajstić information content (AvgIpc) is 2.62. The van der Waals surface area contributed by atoms with E-state index in [2.05, 4.69) is 11.4 Å². The van der Waals surface area contributed by atoms with Gasteiger partial charge in [0.05, 0.1) is 24.2 Å². The minimum atomic E-state index is -0.973. The molecule has 1 aliphatic carbocycles. The summed E-state index contributed by atoms with van der Waals surface area (Å²) in [6.07, 6.45) is 3.04. The molecule has 1 aliphatic rings. The highest BCUT2D eigenvalue weighted by Gasteiger charge is 2.35. The fraction of sp³-hybridized carbons (Fsp3) is 0.529. The van der Waals surface area contributed by atoms with Crippen molar-refractivity contribution >= 4 is 11.6 Å². The van der Waals surface area contributed by atoms with Gasteiger partial charge < -0.3 is 14.8 Å². The zero-order valence-corrected chi connectivity index (χ0v) is 14.3. The van der Waals surface area contributed by atoms with Gasteiger partial charge in [0.2, 0.25) is 0 Å². The molecule has 0 heterocycles. The van der Waals surface area contributed by atoms with E-state index in [1.165, 1.54) is 32.2 Å². The Balaban J connectivity index is 2.11. The maximum absolute atomic E-state index is 12.4. The largest absolute Gasteiger partial charge is 0.496 e. The van der Waals surface area contributed by atoms with E-state index < -0.39 is 22.5 Å². The van der Waals surface area contributed by atoms with E-state index in [9.17, 15) is 20.2 Å². The zero-order chi connectivity index (χ0) is 18.4. The summed E-state index contributed by atoms with van der Waals surface area (Å²) >= 11 is 0. The molecule has 0 unspecified atom stereocenters. The summed E-state index contributed by atoms with van der Waals surface area (Å²) in [7, 11) is 1.40. The highest BCUT2D eigenvalue weighted by Crippen LogP contribution is 2.32. The van der Waals surface area contributed by atoms with Gasteiger partial charge in [-0.2, -0.15) is 5.26 Å². The van der Waals surface area contributed by atoms with Gasteiger partial charge in [0.15, 0.2) is 11.9 Å². The van der Waals surface area contributed by atoms with Gasteiger partial charge in [-0.05, 0) is 31.9 Å². The lowest BCUT2D eigenvalue weighted by molar-refractivity contribution is -0.386. The second-order valence-corrected chi connectivity index (χ2v) is 6.09. The summed E-state index contributed by atoms with van der Waals surface area (Å²) in [5.41, 5.74) is -1.16. The molecule has 2 rings (SSSR count). The third-order valence-corrected chi connectivity index (χ3v) is 4.32. The van der Waals surface area contributed by atoms with Crippen LogP contribution in [-0.2, 0) is 4.79 Å². The third-order valence-electron chi connectivity index (χ3n) is 4.32. The van der Waals surface area contributed by atoms with Crippen LogP contribution in [0.25, 0.3) is 0 Å². The van der Waals surface area contributed by atoms with Crippen LogP contribution in [0.15, 0.2) is 18.2 Å². The SMILES string of the molecule is COc1ccc(O[C@H](C)C(=O)NC2(C#N)CCCCC2)c([N+](=O)[O-])c1. The first kappa shape index (κ1) is 18.5. The number of rotatable bonds is 6. The predicted molar refractivity (Wildman–Crippen MR) is 89.3 cm³/mol. The molecule has 0 radical (unpaired) electrons. The number of ether oxygens (including phenoxy) is 2. The standard InChI is InChI=1S/C17H21N3O5/c1-12(16(21)19-17(11-18)8-4-3-5-9-17)25-15-7-6-13(24-2)10-14(15)20(22)23/h6-7,10,12H,3-5,8-9H2,1-2H3,(H,19,21)/t12-/m1/s1. The third kappa shape index (κ3) is 4.38. The molecule has 25 heavy (non-hydrogen) atoms. The van der Waals surface area contributed by atoms with Gasteiger partial charge >= 0.3 is 5.69 Å². The minimum Gasteiger partial charge on any atom is -0.496 e. The van der Waals surface area contributed by atoms with Crippen molar-refractivity contribution in [3.05, 3.63) is 28.3 Å². The molecular weight excluding hydrogens is 326 g/mol. The van der Waals surface area contributed by atoms with Crippen LogP contribution in [0.1, 0.15) is 39.0 Å². The van der Waals surface area contributed by atoms with E-state index >= 15 is 0 Å². The maximum atomic E-state index is 12.4. The second kappa shape index (κ2) is 7.83. The van der Waals surface area contributed by atoms with E-state index in [-0.39, 0.29) is 11.4 Å². The molecule has 0 spiro atoms. The van der Waals surface area contributed by atoms with Crippen molar-refractivity contribution < 1.29 is 19.2 Å². The molecule has 1 aromatic carbocycles. The molecule has 8 heteroatoms. The first-order valence-corrected chi connectivity index (χ1v) is 8.13. The van der Waals surface area contributed by atoms with E-state index in [1.54, 1.807) is 0 Å². The smallest absolute Gasteiger partial charge is 0.314 e.